The molecule has 0 saturated carbocycles. The summed E-state index contributed by atoms with van der Waals surface area (Å²) in [5.74, 6) is 0.852. The largest absolute Gasteiger partial charge is 0.497 e. The number of carbonyl (C=O) groups excluding carboxylic acids is 2. The zero-order chi connectivity index (χ0) is 31.1. The van der Waals surface area contributed by atoms with Crippen molar-refractivity contribution < 1.29 is 14.3 Å². The monoisotopic (exact) mass is 597 g/mol. The number of nitrogens with zero attached hydrogens (tertiary/aromatic N) is 4. The van der Waals surface area contributed by atoms with Crippen molar-refractivity contribution in [2.45, 2.75) is 71.5 Å². The van der Waals surface area contributed by atoms with E-state index in [4.69, 9.17) is 4.74 Å². The van der Waals surface area contributed by atoms with Crippen molar-refractivity contribution >= 4 is 17.5 Å². The van der Waals surface area contributed by atoms with Crippen LogP contribution in [0.3, 0.4) is 0 Å². The van der Waals surface area contributed by atoms with Crippen LogP contribution >= 0.6 is 0 Å². The number of aromatic nitrogens is 1. The number of ether oxygens (including phenoxy) is 1. The van der Waals surface area contributed by atoms with Gasteiger partial charge >= 0.3 is 0 Å². The number of piperidine rings is 1. The van der Waals surface area contributed by atoms with Crippen LogP contribution in [0, 0.1) is 13.8 Å². The Morgan fingerprint density at radius 3 is 2.39 bits per heavy atom. The SMILES string of the molecule is COc1ccc(N(Cc2cnccc2C)C2CCN(C(C)CCNC(=O)c3ccc(C(=O)N4CCCC4)cc3C)CC2)cc1. The second-order valence-corrected chi connectivity index (χ2v) is 12.3. The fourth-order valence-electron chi connectivity index (χ4n) is 6.52. The molecule has 3 aromatic rings. The number of pyridine rings is 1. The molecule has 44 heavy (non-hydrogen) atoms. The van der Waals surface area contributed by atoms with E-state index in [1.807, 2.05) is 42.4 Å². The second-order valence-electron chi connectivity index (χ2n) is 12.3. The number of likely N-dealkylation sites (tertiary alicyclic amines) is 2. The summed E-state index contributed by atoms with van der Waals surface area (Å²) < 4.78 is 5.41. The van der Waals surface area contributed by atoms with E-state index in [0.717, 1.165) is 76.1 Å². The van der Waals surface area contributed by atoms with Gasteiger partial charge in [0, 0.05) is 80.6 Å². The zero-order valence-corrected chi connectivity index (χ0v) is 26.7. The van der Waals surface area contributed by atoms with Gasteiger partial charge < -0.3 is 24.8 Å². The number of aryl methyl sites for hydroxylation is 2. The molecular weight excluding hydrogens is 550 g/mol. The van der Waals surface area contributed by atoms with Crippen LogP contribution in [0.15, 0.2) is 60.9 Å². The Bertz CT molecular complexity index is 1410. The van der Waals surface area contributed by atoms with Crippen LogP contribution in [-0.4, -0.2) is 78.5 Å². The predicted octanol–water partition coefficient (Wildman–Crippen LogP) is 5.62. The Hall–Kier alpha value is -3.91. The summed E-state index contributed by atoms with van der Waals surface area (Å²) in [7, 11) is 1.70. The van der Waals surface area contributed by atoms with E-state index in [-0.39, 0.29) is 11.8 Å². The summed E-state index contributed by atoms with van der Waals surface area (Å²) in [5, 5.41) is 3.12. The summed E-state index contributed by atoms with van der Waals surface area (Å²) >= 11 is 0. The van der Waals surface area contributed by atoms with Crippen molar-refractivity contribution in [1.82, 2.24) is 20.1 Å². The summed E-state index contributed by atoms with van der Waals surface area (Å²) in [6.45, 7) is 11.4. The summed E-state index contributed by atoms with van der Waals surface area (Å²) in [6.07, 6.45) is 9.01. The van der Waals surface area contributed by atoms with Crippen LogP contribution in [-0.2, 0) is 6.54 Å². The molecular formula is C36H47N5O3. The first-order valence-electron chi connectivity index (χ1n) is 16.1. The molecule has 2 aliphatic heterocycles. The minimum atomic E-state index is -0.0746. The molecule has 0 bridgehead atoms. The predicted molar refractivity (Wildman–Crippen MR) is 175 cm³/mol. The lowest BCUT2D eigenvalue weighted by Gasteiger charge is -2.42. The van der Waals surface area contributed by atoms with Crippen molar-refractivity contribution in [3.8, 4) is 5.75 Å². The van der Waals surface area contributed by atoms with E-state index in [1.54, 1.807) is 19.2 Å². The van der Waals surface area contributed by atoms with Gasteiger partial charge in [0.2, 0.25) is 0 Å². The third-order valence-corrected chi connectivity index (χ3v) is 9.41. The lowest BCUT2D eigenvalue weighted by atomic mass is 9.99. The number of hydrogen-bond donors (Lipinski definition) is 1. The topological polar surface area (TPSA) is 78.0 Å². The van der Waals surface area contributed by atoms with Crippen LogP contribution in [0.1, 0.15) is 76.4 Å². The molecule has 3 heterocycles. The Morgan fingerprint density at radius 1 is 1.00 bits per heavy atom. The van der Waals surface area contributed by atoms with E-state index < -0.39 is 0 Å². The van der Waals surface area contributed by atoms with Gasteiger partial charge in [-0.15, -0.1) is 0 Å². The molecule has 234 valence electrons. The third-order valence-electron chi connectivity index (χ3n) is 9.41. The average Bonchev–Trinajstić information content (AvgIpc) is 3.59. The van der Waals surface area contributed by atoms with E-state index in [2.05, 4.69) is 52.1 Å². The molecule has 1 unspecified atom stereocenters. The molecule has 2 saturated heterocycles. The van der Waals surface area contributed by atoms with Gasteiger partial charge in [-0.1, -0.05) is 0 Å². The molecule has 0 radical (unpaired) electrons. The van der Waals surface area contributed by atoms with Gasteiger partial charge in [-0.3, -0.25) is 14.6 Å². The molecule has 1 aromatic heterocycles. The van der Waals surface area contributed by atoms with Gasteiger partial charge in [0.05, 0.1) is 7.11 Å². The number of hydrogen-bond acceptors (Lipinski definition) is 6. The second kappa shape index (κ2) is 14.7. The smallest absolute Gasteiger partial charge is 0.253 e. The maximum absolute atomic E-state index is 13.0. The number of carbonyl (C=O) groups is 2. The highest BCUT2D eigenvalue weighted by atomic mass is 16.5. The van der Waals surface area contributed by atoms with Crippen molar-refractivity contribution in [2.75, 3.05) is 44.7 Å². The maximum atomic E-state index is 13.0. The molecule has 5 rings (SSSR count). The summed E-state index contributed by atoms with van der Waals surface area (Å²) in [4.78, 5) is 37.1. The van der Waals surface area contributed by atoms with Gasteiger partial charge in [-0.25, -0.2) is 0 Å². The van der Waals surface area contributed by atoms with Crippen LogP contribution in [0.4, 0.5) is 5.69 Å². The van der Waals surface area contributed by atoms with Gasteiger partial charge in [0.25, 0.3) is 11.8 Å². The number of benzene rings is 2. The quantitative estimate of drug-likeness (QED) is 0.309. The van der Waals surface area contributed by atoms with Crippen LogP contribution in [0.5, 0.6) is 5.75 Å². The zero-order valence-electron chi connectivity index (χ0n) is 26.7. The Morgan fingerprint density at radius 2 is 1.73 bits per heavy atom. The minimum Gasteiger partial charge on any atom is -0.497 e. The Balaban J connectivity index is 1.13. The van der Waals surface area contributed by atoms with Crippen molar-refractivity contribution in [2.24, 2.45) is 0 Å². The standard InChI is InChI=1S/C36H47N5O3/c1-26-13-17-37-24-30(26)25-41(31-8-10-33(44-4)11-9-31)32-15-21-39(22-16-32)28(3)14-18-38-35(42)34-12-7-29(23-27(34)2)36(43)40-19-5-6-20-40/h7-13,17,23-24,28,32H,5-6,14-16,18-22,25H2,1-4H3,(H,38,42). The summed E-state index contributed by atoms with van der Waals surface area (Å²) in [6, 6.07) is 16.7. The molecule has 1 atom stereocenters. The molecule has 2 aromatic carbocycles. The molecule has 0 spiro atoms. The molecule has 2 amide bonds. The molecule has 8 nitrogen and oxygen atoms in total. The maximum Gasteiger partial charge on any atom is 0.253 e. The van der Waals surface area contributed by atoms with Gasteiger partial charge in [0.15, 0.2) is 0 Å². The van der Waals surface area contributed by atoms with E-state index in [0.29, 0.717) is 29.8 Å². The summed E-state index contributed by atoms with van der Waals surface area (Å²) in [5.41, 5.74) is 5.85. The van der Waals surface area contributed by atoms with E-state index in [1.165, 1.54) is 16.8 Å². The van der Waals surface area contributed by atoms with Gasteiger partial charge in [0.1, 0.15) is 5.75 Å². The molecule has 1 N–H and O–H groups in total. The molecule has 2 aliphatic rings. The fraction of sp³-hybridized carbons (Fsp3) is 0.472. The normalized spacial score (nSPS) is 16.5. The lowest BCUT2D eigenvalue weighted by molar-refractivity contribution is 0.0791. The third kappa shape index (κ3) is 7.59. The Kier molecular flexibility index (Phi) is 10.5. The number of nitrogens with one attached hydrogen (secondary N) is 1. The van der Waals surface area contributed by atoms with E-state index in [9.17, 15) is 9.59 Å². The first kappa shape index (κ1) is 31.5. The molecule has 0 aliphatic carbocycles. The highest BCUT2D eigenvalue weighted by Gasteiger charge is 2.28. The van der Waals surface area contributed by atoms with Gasteiger partial charge in [-0.2, -0.15) is 0 Å². The fourth-order valence-corrected chi connectivity index (χ4v) is 6.52. The number of rotatable bonds is 11. The van der Waals surface area contributed by atoms with Crippen molar-refractivity contribution in [3.05, 3.63) is 88.7 Å². The van der Waals surface area contributed by atoms with Crippen LogP contribution < -0.4 is 15.0 Å². The first-order valence-corrected chi connectivity index (χ1v) is 16.1. The number of methoxy groups -OCH3 is 1. The molecule has 8 heteroatoms. The minimum absolute atomic E-state index is 0.0643. The highest BCUT2D eigenvalue weighted by molar-refractivity contribution is 5.99. The highest BCUT2D eigenvalue weighted by Crippen LogP contribution is 2.29. The van der Waals surface area contributed by atoms with Crippen LogP contribution in [0.2, 0.25) is 0 Å². The van der Waals surface area contributed by atoms with Gasteiger partial charge in [-0.05, 0) is 118 Å². The lowest BCUT2D eigenvalue weighted by Crippen LogP contribution is -2.48. The average molecular weight is 598 g/mol. The number of anilines is 1. The van der Waals surface area contributed by atoms with Crippen molar-refractivity contribution in [1.29, 1.82) is 0 Å². The molecule has 2 fully saturated rings. The first-order chi connectivity index (χ1) is 21.3. The van der Waals surface area contributed by atoms with E-state index >= 15 is 0 Å². The Labute approximate surface area is 262 Å². The van der Waals surface area contributed by atoms with Crippen LogP contribution in [0.25, 0.3) is 0 Å². The number of amides is 2. The van der Waals surface area contributed by atoms with Crippen molar-refractivity contribution in [3.63, 3.8) is 0 Å².